The van der Waals surface area contributed by atoms with Crippen molar-refractivity contribution < 1.29 is 0 Å². The standard InChI is InChI=1S/C62H32N4S2/c63-33-47-53(35-15-3-1-4-16-35)48(34-64)58(54(36-17-5-2-6-18-36)57(47)65-49-25-13-23-41-37-19-7-8-20-38(37)42-24-14-26-50(65)56(42)55(41)49)66-59-43(29-31-45-39-21-9-11-27-51(39)67-61(45)59)44-30-32-46-40-22-10-12-28-52(40)68-62(46)60(44)66/h1-32H. The van der Waals surface area contributed by atoms with Crippen LogP contribution in [0.1, 0.15) is 11.1 Å². The normalized spacial score (nSPS) is 12.1. The van der Waals surface area contributed by atoms with Gasteiger partial charge in [-0.05, 0) is 56.9 Å². The van der Waals surface area contributed by atoms with Crippen molar-refractivity contribution in [2.24, 2.45) is 0 Å². The van der Waals surface area contributed by atoms with Gasteiger partial charge in [-0.3, -0.25) is 0 Å². The van der Waals surface area contributed by atoms with Gasteiger partial charge >= 0.3 is 0 Å². The van der Waals surface area contributed by atoms with Crippen molar-refractivity contribution in [1.82, 2.24) is 9.13 Å². The molecule has 4 aromatic heterocycles. The number of rotatable bonds is 4. The van der Waals surface area contributed by atoms with Crippen molar-refractivity contribution in [3.05, 3.63) is 205 Å². The van der Waals surface area contributed by atoms with Crippen LogP contribution in [0.15, 0.2) is 194 Å². The fourth-order valence-electron chi connectivity index (χ4n) is 11.7. The molecule has 0 atom stereocenters. The minimum Gasteiger partial charge on any atom is -0.307 e. The first-order valence-electron chi connectivity index (χ1n) is 22.7. The Kier molecular flexibility index (Phi) is 7.64. The predicted octanol–water partition coefficient (Wildman–Crippen LogP) is 17.4. The Labute approximate surface area is 396 Å². The summed E-state index contributed by atoms with van der Waals surface area (Å²) in [6, 6.07) is 74.5. The molecule has 0 N–H and O–H groups in total. The lowest BCUT2D eigenvalue weighted by molar-refractivity contribution is 1.13. The second kappa shape index (κ2) is 13.9. The lowest BCUT2D eigenvalue weighted by atomic mass is 9.86. The van der Waals surface area contributed by atoms with Crippen LogP contribution in [0.25, 0.3) is 139 Å². The molecule has 4 heterocycles. The minimum absolute atomic E-state index is 0.446. The van der Waals surface area contributed by atoms with E-state index in [2.05, 4.69) is 179 Å². The average molecular weight is 897 g/mol. The molecule has 4 nitrogen and oxygen atoms in total. The van der Waals surface area contributed by atoms with E-state index < -0.39 is 0 Å². The van der Waals surface area contributed by atoms with Gasteiger partial charge in [-0.25, -0.2) is 0 Å². The zero-order chi connectivity index (χ0) is 44.8. The molecule has 15 rings (SSSR count). The van der Waals surface area contributed by atoms with Gasteiger partial charge in [0, 0.05) is 63.6 Å². The van der Waals surface area contributed by atoms with Gasteiger partial charge in [0.2, 0.25) is 0 Å². The molecular weight excluding hydrogens is 865 g/mol. The second-order valence-electron chi connectivity index (χ2n) is 17.6. The topological polar surface area (TPSA) is 57.4 Å². The molecule has 15 aromatic rings. The Morgan fingerprint density at radius 1 is 0.324 bits per heavy atom. The van der Waals surface area contributed by atoms with Gasteiger partial charge in [-0.2, -0.15) is 10.5 Å². The summed E-state index contributed by atoms with van der Waals surface area (Å²) in [6.07, 6.45) is 0. The maximum atomic E-state index is 12.1. The SMILES string of the molecule is N#Cc1c(-c2ccccc2)c(C#N)c(-n2c3c(ccc4c5ccccc5sc43)c3ccc4c5ccccc5sc4c32)c(-c2ccccc2)c1-n1c2cccc3c4ccccc4c4cccc1c4c32. The molecule has 0 amide bonds. The van der Waals surface area contributed by atoms with E-state index in [0.29, 0.717) is 16.7 Å². The maximum absolute atomic E-state index is 12.1. The number of thiophene rings is 2. The largest absolute Gasteiger partial charge is 0.307 e. The van der Waals surface area contributed by atoms with E-state index in [0.717, 1.165) is 81.1 Å². The van der Waals surface area contributed by atoms with Crippen LogP contribution >= 0.6 is 22.7 Å². The summed E-state index contributed by atoms with van der Waals surface area (Å²) in [7, 11) is 0. The number of nitriles is 2. The van der Waals surface area contributed by atoms with Crippen molar-refractivity contribution in [1.29, 1.82) is 10.5 Å². The summed E-state index contributed by atoms with van der Waals surface area (Å²) < 4.78 is 9.50. The Hall–Kier alpha value is -8.78. The summed E-state index contributed by atoms with van der Waals surface area (Å²) in [5, 5.41) is 38.1. The number of aromatic nitrogens is 2. The van der Waals surface area contributed by atoms with Crippen molar-refractivity contribution in [2.45, 2.75) is 0 Å². The van der Waals surface area contributed by atoms with Gasteiger partial charge < -0.3 is 9.13 Å². The molecule has 0 spiro atoms. The third kappa shape index (κ3) is 4.79. The van der Waals surface area contributed by atoms with Gasteiger partial charge in [0.1, 0.15) is 12.1 Å². The molecule has 0 aliphatic rings. The Balaban J connectivity index is 1.26. The number of benzene rings is 11. The molecule has 0 radical (unpaired) electrons. The third-order valence-corrected chi connectivity index (χ3v) is 16.7. The molecule has 0 bridgehead atoms. The molecule has 0 fully saturated rings. The molecule has 0 aliphatic heterocycles. The lowest BCUT2D eigenvalue weighted by Crippen LogP contribution is -2.11. The van der Waals surface area contributed by atoms with Gasteiger partial charge in [0.25, 0.3) is 0 Å². The van der Waals surface area contributed by atoms with E-state index in [9.17, 15) is 10.5 Å². The smallest absolute Gasteiger partial charge is 0.102 e. The molecule has 68 heavy (non-hydrogen) atoms. The second-order valence-corrected chi connectivity index (χ2v) is 19.7. The minimum atomic E-state index is 0.446. The first kappa shape index (κ1) is 37.4. The fraction of sp³-hybridized carbons (Fsp3) is 0. The van der Waals surface area contributed by atoms with E-state index in [-0.39, 0.29) is 0 Å². The summed E-state index contributed by atoms with van der Waals surface area (Å²) in [5.41, 5.74) is 9.64. The van der Waals surface area contributed by atoms with E-state index in [4.69, 9.17) is 0 Å². The van der Waals surface area contributed by atoms with Crippen LogP contribution in [0.3, 0.4) is 0 Å². The lowest BCUT2D eigenvalue weighted by Gasteiger charge is -2.25. The fourth-order valence-corrected chi connectivity index (χ4v) is 14.2. The molecule has 0 saturated heterocycles. The van der Waals surface area contributed by atoms with Crippen LogP contribution in [0.4, 0.5) is 0 Å². The number of nitrogens with zero attached hydrogens (tertiary/aromatic N) is 4. The van der Waals surface area contributed by atoms with E-state index in [1.807, 2.05) is 36.4 Å². The Bertz CT molecular complexity index is 4530. The summed E-state index contributed by atoms with van der Waals surface area (Å²) in [6.45, 7) is 0. The van der Waals surface area contributed by atoms with E-state index >= 15 is 0 Å². The zero-order valence-electron chi connectivity index (χ0n) is 36.1. The summed E-state index contributed by atoms with van der Waals surface area (Å²) in [5.74, 6) is 0. The maximum Gasteiger partial charge on any atom is 0.102 e. The van der Waals surface area contributed by atoms with Gasteiger partial charge in [0.15, 0.2) is 0 Å². The van der Waals surface area contributed by atoms with Crippen LogP contribution in [-0.2, 0) is 0 Å². The van der Waals surface area contributed by atoms with Crippen LogP contribution in [0, 0.1) is 22.7 Å². The number of hydrogen-bond donors (Lipinski definition) is 0. The molecule has 11 aromatic carbocycles. The van der Waals surface area contributed by atoms with Crippen molar-refractivity contribution >= 4 is 128 Å². The number of hydrogen-bond acceptors (Lipinski definition) is 4. The first-order chi connectivity index (χ1) is 33.7. The molecule has 0 unspecified atom stereocenters. The van der Waals surface area contributed by atoms with Crippen molar-refractivity contribution in [3.8, 4) is 45.8 Å². The number of fused-ring (bicyclic) bond motifs is 14. The van der Waals surface area contributed by atoms with Crippen LogP contribution in [0.5, 0.6) is 0 Å². The molecule has 312 valence electrons. The predicted molar refractivity (Wildman–Crippen MR) is 287 cm³/mol. The molecule has 6 heteroatoms. The average Bonchev–Trinajstić information content (AvgIpc) is 4.16. The highest BCUT2D eigenvalue weighted by molar-refractivity contribution is 7.27. The summed E-state index contributed by atoms with van der Waals surface area (Å²) >= 11 is 3.60. The first-order valence-corrected chi connectivity index (χ1v) is 24.4. The molecule has 0 saturated carbocycles. The monoisotopic (exact) mass is 896 g/mol. The highest BCUT2D eigenvalue weighted by atomic mass is 32.1. The zero-order valence-corrected chi connectivity index (χ0v) is 37.7. The van der Waals surface area contributed by atoms with Crippen LogP contribution in [0.2, 0.25) is 0 Å². The van der Waals surface area contributed by atoms with Crippen LogP contribution < -0.4 is 0 Å². The van der Waals surface area contributed by atoms with Crippen LogP contribution in [-0.4, -0.2) is 9.13 Å². The Morgan fingerprint density at radius 2 is 0.721 bits per heavy atom. The highest BCUT2D eigenvalue weighted by Gasteiger charge is 2.33. The van der Waals surface area contributed by atoms with Gasteiger partial charge in [-0.1, -0.05) is 170 Å². The Morgan fingerprint density at radius 3 is 1.21 bits per heavy atom. The molecule has 0 aliphatic carbocycles. The highest BCUT2D eigenvalue weighted by Crippen LogP contribution is 2.53. The third-order valence-electron chi connectivity index (χ3n) is 14.3. The summed E-state index contributed by atoms with van der Waals surface area (Å²) in [4.78, 5) is 0. The van der Waals surface area contributed by atoms with Crippen molar-refractivity contribution in [3.63, 3.8) is 0 Å². The van der Waals surface area contributed by atoms with Gasteiger partial charge in [-0.15, -0.1) is 22.7 Å². The molecular formula is C62H32N4S2. The van der Waals surface area contributed by atoms with E-state index in [1.54, 1.807) is 22.7 Å². The van der Waals surface area contributed by atoms with Crippen molar-refractivity contribution in [2.75, 3.05) is 0 Å². The quantitative estimate of drug-likeness (QED) is 0.165. The van der Waals surface area contributed by atoms with E-state index in [1.165, 1.54) is 52.5 Å². The van der Waals surface area contributed by atoms with Gasteiger partial charge in [0.05, 0.1) is 54.0 Å².